The van der Waals surface area contributed by atoms with Gasteiger partial charge in [-0.1, -0.05) is 42.5 Å². The van der Waals surface area contributed by atoms with Crippen LogP contribution in [0.4, 0.5) is 5.82 Å². The van der Waals surface area contributed by atoms with E-state index < -0.39 is 5.97 Å². The molecule has 2 aromatic carbocycles. The molecule has 1 unspecified atom stereocenters. The Kier molecular flexibility index (Phi) is 3.80. The van der Waals surface area contributed by atoms with Gasteiger partial charge in [0.25, 0.3) is 0 Å². The maximum absolute atomic E-state index is 12.4. The molecule has 1 atom stereocenters. The van der Waals surface area contributed by atoms with Gasteiger partial charge in [-0.3, -0.25) is 0 Å². The largest absolute Gasteiger partial charge is 0.465 e. The Hall–Kier alpha value is -3.41. The van der Waals surface area contributed by atoms with Crippen LogP contribution in [-0.2, 0) is 4.74 Å². The highest BCUT2D eigenvalue weighted by atomic mass is 16.5. The molecule has 0 aliphatic carbocycles. The summed E-state index contributed by atoms with van der Waals surface area (Å²) in [6, 6.07) is 17.3. The van der Waals surface area contributed by atoms with Crippen molar-refractivity contribution in [2.24, 2.45) is 0 Å². The van der Waals surface area contributed by atoms with Crippen LogP contribution in [0.25, 0.3) is 22.2 Å². The molecule has 2 N–H and O–H groups in total. The molecule has 0 fully saturated rings. The molecule has 0 saturated carbocycles. The number of ether oxygens (including phenoxy) is 1. The van der Waals surface area contributed by atoms with Gasteiger partial charge in [0.05, 0.1) is 24.2 Å². The van der Waals surface area contributed by atoms with Gasteiger partial charge >= 0.3 is 5.97 Å². The molecule has 0 amide bonds. The van der Waals surface area contributed by atoms with E-state index in [1.54, 1.807) is 0 Å². The van der Waals surface area contributed by atoms with Crippen LogP contribution >= 0.6 is 0 Å². The maximum Gasteiger partial charge on any atom is 0.343 e. The summed E-state index contributed by atoms with van der Waals surface area (Å²) in [5, 5.41) is 0. The first-order valence-corrected chi connectivity index (χ1v) is 8.31. The van der Waals surface area contributed by atoms with E-state index in [1.807, 2.05) is 66.1 Å². The number of aromatic nitrogens is 3. The molecule has 6 heteroatoms. The molecule has 0 aliphatic rings. The molecule has 26 heavy (non-hydrogen) atoms. The monoisotopic (exact) mass is 346 g/mol. The minimum atomic E-state index is -0.518. The van der Waals surface area contributed by atoms with Gasteiger partial charge in [-0.25, -0.2) is 14.8 Å². The lowest BCUT2D eigenvalue weighted by Gasteiger charge is -2.17. The zero-order valence-electron chi connectivity index (χ0n) is 14.5. The van der Waals surface area contributed by atoms with E-state index in [4.69, 9.17) is 15.5 Å². The van der Waals surface area contributed by atoms with E-state index in [0.717, 1.165) is 11.1 Å². The molecular formula is C20H18N4O2. The van der Waals surface area contributed by atoms with Gasteiger partial charge in [-0.05, 0) is 24.6 Å². The molecule has 4 aromatic rings. The van der Waals surface area contributed by atoms with Crippen LogP contribution in [0.1, 0.15) is 28.9 Å². The van der Waals surface area contributed by atoms with Crippen molar-refractivity contribution in [3.8, 4) is 0 Å². The van der Waals surface area contributed by atoms with Gasteiger partial charge < -0.3 is 15.0 Å². The molecule has 4 rings (SSSR count). The highest BCUT2D eigenvalue weighted by molar-refractivity contribution is 6.08. The Balaban J connectivity index is 2.07. The number of rotatable bonds is 3. The Bertz CT molecular complexity index is 1120. The molecule has 0 radical (unpaired) electrons. The Morgan fingerprint density at radius 2 is 1.65 bits per heavy atom. The van der Waals surface area contributed by atoms with E-state index in [0.29, 0.717) is 22.5 Å². The summed E-state index contributed by atoms with van der Waals surface area (Å²) in [5.74, 6) is -0.213. The van der Waals surface area contributed by atoms with Crippen molar-refractivity contribution >= 4 is 34.0 Å². The zero-order valence-corrected chi connectivity index (χ0v) is 14.5. The molecule has 0 saturated heterocycles. The number of nitrogens with zero attached hydrogens (tertiary/aromatic N) is 3. The lowest BCUT2D eigenvalue weighted by molar-refractivity contribution is 0.0604. The van der Waals surface area contributed by atoms with Crippen molar-refractivity contribution in [3.05, 3.63) is 65.7 Å². The summed E-state index contributed by atoms with van der Waals surface area (Å²) in [7, 11) is 1.33. The number of hydrogen-bond donors (Lipinski definition) is 1. The number of para-hydroxylation sites is 2. The fraction of sp³-hybridized carbons (Fsp3) is 0.150. The van der Waals surface area contributed by atoms with Crippen molar-refractivity contribution in [1.82, 2.24) is 14.5 Å². The van der Waals surface area contributed by atoms with Gasteiger partial charge in [0.15, 0.2) is 5.65 Å². The third-order valence-corrected chi connectivity index (χ3v) is 4.59. The summed E-state index contributed by atoms with van der Waals surface area (Å²) in [6.07, 6.45) is 0. The predicted octanol–water partition coefficient (Wildman–Crippen LogP) is 3.56. The summed E-state index contributed by atoms with van der Waals surface area (Å²) in [6.45, 7) is 2.02. The van der Waals surface area contributed by atoms with Crippen LogP contribution in [0.2, 0.25) is 0 Å². The minimum absolute atomic E-state index is 0.118. The van der Waals surface area contributed by atoms with Crippen molar-refractivity contribution in [1.29, 1.82) is 0 Å². The Morgan fingerprint density at radius 1 is 1.04 bits per heavy atom. The van der Waals surface area contributed by atoms with E-state index >= 15 is 0 Å². The SMILES string of the molecule is COC(=O)c1c(N)n(C(C)c2ccccc2)c2nc3ccccc3nc12. The smallest absolute Gasteiger partial charge is 0.343 e. The molecule has 2 heterocycles. The number of nitrogen functional groups attached to an aromatic ring is 1. The number of anilines is 1. The average molecular weight is 346 g/mol. The molecule has 0 bridgehead atoms. The fourth-order valence-corrected chi connectivity index (χ4v) is 3.26. The van der Waals surface area contributed by atoms with Crippen LogP contribution in [0.15, 0.2) is 54.6 Å². The topological polar surface area (TPSA) is 83.0 Å². The number of methoxy groups -OCH3 is 1. The molecular weight excluding hydrogens is 328 g/mol. The van der Waals surface area contributed by atoms with Gasteiger partial charge in [-0.15, -0.1) is 0 Å². The normalized spacial score (nSPS) is 12.4. The van der Waals surface area contributed by atoms with E-state index in [1.165, 1.54) is 7.11 Å². The Labute approximate surface area is 150 Å². The summed E-state index contributed by atoms with van der Waals surface area (Å²) >= 11 is 0. The predicted molar refractivity (Wildman–Crippen MR) is 101 cm³/mol. The first-order chi connectivity index (χ1) is 12.6. The van der Waals surface area contributed by atoms with Crippen LogP contribution in [0.5, 0.6) is 0 Å². The van der Waals surface area contributed by atoms with E-state index in [-0.39, 0.29) is 11.6 Å². The van der Waals surface area contributed by atoms with Crippen molar-refractivity contribution < 1.29 is 9.53 Å². The first-order valence-electron chi connectivity index (χ1n) is 8.31. The summed E-state index contributed by atoms with van der Waals surface area (Å²) in [5.41, 5.74) is 10.2. The van der Waals surface area contributed by atoms with Crippen LogP contribution in [-0.4, -0.2) is 27.6 Å². The van der Waals surface area contributed by atoms with Gasteiger partial charge in [0.2, 0.25) is 0 Å². The highest BCUT2D eigenvalue weighted by Gasteiger charge is 2.27. The number of fused-ring (bicyclic) bond motifs is 2. The third kappa shape index (κ3) is 2.38. The maximum atomic E-state index is 12.4. The van der Waals surface area contributed by atoms with Crippen molar-refractivity contribution in [3.63, 3.8) is 0 Å². The zero-order chi connectivity index (χ0) is 18.3. The van der Waals surface area contributed by atoms with Crippen molar-refractivity contribution in [2.75, 3.05) is 12.8 Å². The number of carbonyl (C=O) groups is 1. The van der Waals surface area contributed by atoms with Gasteiger partial charge in [0, 0.05) is 0 Å². The second-order valence-electron chi connectivity index (χ2n) is 6.09. The lowest BCUT2D eigenvalue weighted by atomic mass is 10.1. The van der Waals surface area contributed by atoms with Crippen LogP contribution in [0, 0.1) is 0 Å². The molecule has 6 nitrogen and oxygen atoms in total. The average Bonchev–Trinajstić information content (AvgIpc) is 2.96. The second-order valence-corrected chi connectivity index (χ2v) is 6.09. The second kappa shape index (κ2) is 6.15. The molecule has 0 aliphatic heterocycles. The standard InChI is InChI=1S/C20H18N4O2/c1-12(13-8-4-3-5-9-13)24-18(21)16(20(25)26-2)17-19(24)23-15-11-7-6-10-14(15)22-17/h3-12H,21H2,1-2H3. The lowest BCUT2D eigenvalue weighted by Crippen LogP contribution is -2.12. The number of benzene rings is 2. The van der Waals surface area contributed by atoms with Gasteiger partial charge in [-0.2, -0.15) is 0 Å². The summed E-state index contributed by atoms with van der Waals surface area (Å²) < 4.78 is 6.78. The van der Waals surface area contributed by atoms with Gasteiger partial charge in [0.1, 0.15) is 16.9 Å². The number of esters is 1. The Morgan fingerprint density at radius 3 is 2.31 bits per heavy atom. The highest BCUT2D eigenvalue weighted by Crippen LogP contribution is 2.33. The van der Waals surface area contributed by atoms with E-state index in [9.17, 15) is 4.79 Å². The van der Waals surface area contributed by atoms with Crippen molar-refractivity contribution in [2.45, 2.75) is 13.0 Å². The molecule has 2 aromatic heterocycles. The summed E-state index contributed by atoms with van der Waals surface area (Å²) in [4.78, 5) is 21.7. The number of carbonyl (C=O) groups excluding carboxylic acids is 1. The minimum Gasteiger partial charge on any atom is -0.465 e. The third-order valence-electron chi connectivity index (χ3n) is 4.59. The quantitative estimate of drug-likeness (QED) is 0.574. The fourth-order valence-electron chi connectivity index (χ4n) is 3.26. The van der Waals surface area contributed by atoms with Crippen LogP contribution < -0.4 is 5.73 Å². The molecule has 130 valence electrons. The van der Waals surface area contributed by atoms with Crippen LogP contribution in [0.3, 0.4) is 0 Å². The first kappa shape index (κ1) is 16.1. The van der Waals surface area contributed by atoms with E-state index in [2.05, 4.69) is 4.98 Å². The number of nitrogens with two attached hydrogens (primary N) is 1. The molecule has 0 spiro atoms. The number of hydrogen-bond acceptors (Lipinski definition) is 5.